The van der Waals surface area contributed by atoms with Gasteiger partial charge in [-0.2, -0.15) is 0 Å². The zero-order chi connectivity index (χ0) is 22.3. The molecule has 0 N–H and O–H groups in total. The minimum atomic E-state index is -0.421. The molecule has 0 saturated carbocycles. The fourth-order valence-corrected chi connectivity index (χ4v) is 2.60. The fourth-order valence-electron chi connectivity index (χ4n) is 2.60. The van der Waals surface area contributed by atoms with Gasteiger partial charge in [-0.15, -0.1) is 0 Å². The average Bonchev–Trinajstić information content (AvgIpc) is 2.80. The summed E-state index contributed by atoms with van der Waals surface area (Å²) in [5.41, 5.74) is 2.34. The van der Waals surface area contributed by atoms with Gasteiger partial charge in [-0.3, -0.25) is 0 Å². The molecule has 31 heavy (non-hydrogen) atoms. The van der Waals surface area contributed by atoms with Crippen molar-refractivity contribution in [3.63, 3.8) is 0 Å². The third kappa shape index (κ3) is 9.67. The summed E-state index contributed by atoms with van der Waals surface area (Å²) in [6, 6.07) is 15.8. The van der Waals surface area contributed by atoms with Crippen molar-refractivity contribution in [1.82, 2.24) is 0 Å². The number of rotatable bonds is 14. The van der Waals surface area contributed by atoms with Crippen molar-refractivity contribution in [1.29, 1.82) is 0 Å². The molecule has 0 radical (unpaired) electrons. The van der Waals surface area contributed by atoms with E-state index in [1.807, 2.05) is 48.5 Å². The first-order valence-corrected chi connectivity index (χ1v) is 10.1. The molecule has 0 bridgehead atoms. The number of esters is 2. The summed E-state index contributed by atoms with van der Waals surface area (Å²) in [5.74, 6) is 0.716. The van der Waals surface area contributed by atoms with Crippen LogP contribution < -0.4 is 9.47 Å². The Morgan fingerprint density at radius 2 is 1.03 bits per heavy atom. The van der Waals surface area contributed by atoms with Crippen LogP contribution in [0.2, 0.25) is 0 Å². The van der Waals surface area contributed by atoms with Gasteiger partial charge in [0.25, 0.3) is 0 Å². The molecule has 0 aliphatic heterocycles. The minimum absolute atomic E-state index is 0.311. The molecule has 0 aliphatic rings. The zero-order valence-electron chi connectivity index (χ0n) is 17.6. The molecular formula is C25H28O6. The van der Waals surface area contributed by atoms with E-state index in [4.69, 9.17) is 18.9 Å². The molecule has 0 aliphatic carbocycles. The first-order valence-electron chi connectivity index (χ1n) is 10.1. The number of ether oxygens (including phenoxy) is 4. The molecule has 0 heterocycles. The van der Waals surface area contributed by atoms with Gasteiger partial charge in [-0.25, -0.2) is 9.59 Å². The predicted molar refractivity (Wildman–Crippen MR) is 118 cm³/mol. The van der Waals surface area contributed by atoms with E-state index in [1.54, 1.807) is 0 Å². The molecule has 6 heteroatoms. The molecule has 6 nitrogen and oxygen atoms in total. The van der Waals surface area contributed by atoms with Gasteiger partial charge in [0.15, 0.2) is 0 Å². The van der Waals surface area contributed by atoms with Crippen LogP contribution in [-0.2, 0) is 25.5 Å². The fraction of sp³-hybridized carbons (Fsp3) is 0.280. The number of carbonyl (C=O) groups is 2. The molecule has 0 amide bonds. The Labute approximate surface area is 183 Å². The standard InChI is InChI=1S/C25H28O6/c1-3-24(26)30-17-5-15-28-22-11-7-20(8-12-22)19-21-9-13-23(14-10-21)29-16-6-18-31-25(27)4-2/h3-4,7-14H,1-2,5-6,15-19H2. The van der Waals surface area contributed by atoms with Crippen LogP contribution in [0.25, 0.3) is 0 Å². The van der Waals surface area contributed by atoms with Crippen LogP contribution in [0.15, 0.2) is 73.8 Å². The maximum absolute atomic E-state index is 10.9. The maximum atomic E-state index is 10.9. The Bertz CT molecular complexity index is 768. The summed E-state index contributed by atoms with van der Waals surface area (Å²) in [7, 11) is 0. The Morgan fingerprint density at radius 1 is 0.645 bits per heavy atom. The predicted octanol–water partition coefficient (Wildman–Crippen LogP) is 4.27. The van der Waals surface area contributed by atoms with Gasteiger partial charge in [0.05, 0.1) is 26.4 Å². The average molecular weight is 424 g/mol. The second-order valence-corrected chi connectivity index (χ2v) is 6.61. The number of benzene rings is 2. The third-order valence-electron chi connectivity index (χ3n) is 4.19. The molecular weight excluding hydrogens is 396 g/mol. The lowest BCUT2D eigenvalue weighted by atomic mass is 10.0. The molecule has 0 unspecified atom stereocenters. The summed E-state index contributed by atoms with van der Waals surface area (Å²) in [5, 5.41) is 0. The summed E-state index contributed by atoms with van der Waals surface area (Å²) in [6.45, 7) is 8.26. The van der Waals surface area contributed by atoms with Crippen molar-refractivity contribution in [2.75, 3.05) is 26.4 Å². The Morgan fingerprint density at radius 3 is 1.39 bits per heavy atom. The Balaban J connectivity index is 1.68. The highest BCUT2D eigenvalue weighted by Crippen LogP contribution is 2.18. The van der Waals surface area contributed by atoms with Crippen molar-refractivity contribution in [2.45, 2.75) is 19.3 Å². The van der Waals surface area contributed by atoms with Gasteiger partial charge < -0.3 is 18.9 Å². The molecule has 0 aromatic heterocycles. The maximum Gasteiger partial charge on any atom is 0.330 e. The Hall–Kier alpha value is -3.54. The topological polar surface area (TPSA) is 71.1 Å². The lowest BCUT2D eigenvalue weighted by molar-refractivity contribution is -0.138. The Kier molecular flexibility index (Phi) is 10.4. The molecule has 0 fully saturated rings. The summed E-state index contributed by atoms with van der Waals surface area (Å²) in [6.07, 6.45) is 4.33. The number of hydrogen-bond donors (Lipinski definition) is 0. The van der Waals surface area contributed by atoms with Crippen molar-refractivity contribution in [3.8, 4) is 11.5 Å². The van der Waals surface area contributed by atoms with Crippen LogP contribution in [0.1, 0.15) is 24.0 Å². The van der Waals surface area contributed by atoms with Gasteiger partial charge in [0, 0.05) is 25.0 Å². The molecule has 2 aromatic carbocycles. The number of carbonyl (C=O) groups excluding carboxylic acids is 2. The van der Waals surface area contributed by atoms with Crippen molar-refractivity contribution >= 4 is 11.9 Å². The highest BCUT2D eigenvalue weighted by atomic mass is 16.5. The van der Waals surface area contributed by atoms with Gasteiger partial charge in [-0.1, -0.05) is 37.4 Å². The van der Waals surface area contributed by atoms with Crippen LogP contribution in [0, 0.1) is 0 Å². The normalized spacial score (nSPS) is 10.1. The molecule has 2 aromatic rings. The van der Waals surface area contributed by atoms with E-state index in [1.165, 1.54) is 11.1 Å². The quantitative estimate of drug-likeness (QED) is 0.256. The van der Waals surface area contributed by atoms with Gasteiger partial charge in [0.2, 0.25) is 0 Å². The molecule has 0 atom stereocenters. The molecule has 2 rings (SSSR count). The van der Waals surface area contributed by atoms with Crippen molar-refractivity contribution < 1.29 is 28.5 Å². The molecule has 164 valence electrons. The van der Waals surface area contributed by atoms with Crippen molar-refractivity contribution in [3.05, 3.63) is 85.0 Å². The van der Waals surface area contributed by atoms with E-state index in [0.717, 1.165) is 30.1 Å². The van der Waals surface area contributed by atoms with E-state index in [-0.39, 0.29) is 0 Å². The highest BCUT2D eigenvalue weighted by molar-refractivity contribution is 5.81. The lowest BCUT2D eigenvalue weighted by Crippen LogP contribution is -2.06. The SMILES string of the molecule is C=CC(=O)OCCCOc1ccc(Cc2ccc(OCCCOC(=O)C=C)cc2)cc1. The van der Waals surface area contributed by atoms with Gasteiger partial charge in [-0.05, 0) is 41.8 Å². The summed E-state index contributed by atoms with van der Waals surface area (Å²) < 4.78 is 21.1. The molecule has 0 spiro atoms. The monoisotopic (exact) mass is 424 g/mol. The van der Waals surface area contributed by atoms with E-state index in [9.17, 15) is 9.59 Å². The summed E-state index contributed by atoms with van der Waals surface area (Å²) >= 11 is 0. The minimum Gasteiger partial charge on any atom is -0.493 e. The van der Waals surface area contributed by atoms with Gasteiger partial charge in [0.1, 0.15) is 11.5 Å². The van der Waals surface area contributed by atoms with Crippen LogP contribution in [0.5, 0.6) is 11.5 Å². The van der Waals surface area contributed by atoms with Crippen LogP contribution in [-0.4, -0.2) is 38.4 Å². The zero-order valence-corrected chi connectivity index (χ0v) is 17.6. The van der Waals surface area contributed by atoms with Crippen LogP contribution >= 0.6 is 0 Å². The molecule has 0 saturated heterocycles. The van der Waals surface area contributed by atoms with Crippen LogP contribution in [0.4, 0.5) is 0 Å². The van der Waals surface area contributed by atoms with E-state index < -0.39 is 11.9 Å². The third-order valence-corrected chi connectivity index (χ3v) is 4.19. The van der Waals surface area contributed by atoms with Crippen molar-refractivity contribution in [2.24, 2.45) is 0 Å². The smallest absolute Gasteiger partial charge is 0.330 e. The largest absolute Gasteiger partial charge is 0.493 e. The summed E-state index contributed by atoms with van der Waals surface area (Å²) in [4.78, 5) is 21.9. The van der Waals surface area contributed by atoms with E-state index in [2.05, 4.69) is 13.2 Å². The first-order chi connectivity index (χ1) is 15.1. The number of hydrogen-bond acceptors (Lipinski definition) is 6. The van der Waals surface area contributed by atoms with E-state index >= 15 is 0 Å². The van der Waals surface area contributed by atoms with Gasteiger partial charge >= 0.3 is 11.9 Å². The first kappa shape index (κ1) is 23.7. The second-order valence-electron chi connectivity index (χ2n) is 6.61. The highest BCUT2D eigenvalue weighted by Gasteiger charge is 2.01. The second kappa shape index (κ2) is 13.6. The van der Waals surface area contributed by atoms with Crippen LogP contribution in [0.3, 0.4) is 0 Å². The lowest BCUT2D eigenvalue weighted by Gasteiger charge is -2.09. The van der Waals surface area contributed by atoms with E-state index in [0.29, 0.717) is 39.3 Å².